The van der Waals surface area contributed by atoms with Crippen molar-refractivity contribution in [3.05, 3.63) is 28.8 Å². The summed E-state index contributed by atoms with van der Waals surface area (Å²) in [5, 5.41) is 8.70. The molecule has 1 N–H and O–H groups in total. The van der Waals surface area contributed by atoms with Gasteiger partial charge < -0.3 is 9.84 Å². The van der Waals surface area contributed by atoms with Gasteiger partial charge in [-0.25, -0.2) is 0 Å². The standard InChI is InChI=1S/C15H20O4/c1-9(6-14(17)18)5-13(16)12-7-10(2)15(19-4)11(3)8-12/h7-9H,5-6H2,1-4H3,(H,17,18). The van der Waals surface area contributed by atoms with Crippen LogP contribution in [-0.2, 0) is 4.79 Å². The topological polar surface area (TPSA) is 63.6 Å². The molecule has 0 aliphatic rings. The highest BCUT2D eigenvalue weighted by Gasteiger charge is 2.16. The molecule has 19 heavy (non-hydrogen) atoms. The largest absolute Gasteiger partial charge is 0.496 e. The highest BCUT2D eigenvalue weighted by molar-refractivity contribution is 5.97. The van der Waals surface area contributed by atoms with Crippen LogP contribution in [0.1, 0.15) is 41.3 Å². The van der Waals surface area contributed by atoms with Crippen molar-refractivity contribution in [2.75, 3.05) is 7.11 Å². The van der Waals surface area contributed by atoms with E-state index in [1.807, 2.05) is 13.8 Å². The zero-order chi connectivity index (χ0) is 14.6. The summed E-state index contributed by atoms with van der Waals surface area (Å²) < 4.78 is 5.26. The molecule has 0 heterocycles. The number of ketones is 1. The third-order valence-electron chi connectivity index (χ3n) is 3.04. The van der Waals surface area contributed by atoms with Crippen molar-refractivity contribution in [1.29, 1.82) is 0 Å². The van der Waals surface area contributed by atoms with Crippen LogP contribution >= 0.6 is 0 Å². The summed E-state index contributed by atoms with van der Waals surface area (Å²) in [5.41, 5.74) is 2.45. The predicted octanol–water partition coefficient (Wildman–Crippen LogP) is 3.00. The summed E-state index contributed by atoms with van der Waals surface area (Å²) >= 11 is 0. The number of carboxylic acids is 1. The van der Waals surface area contributed by atoms with Gasteiger partial charge in [0.25, 0.3) is 0 Å². The van der Waals surface area contributed by atoms with Gasteiger partial charge in [0.2, 0.25) is 0 Å². The SMILES string of the molecule is COc1c(C)cc(C(=O)CC(C)CC(=O)O)cc1C. The molecule has 0 saturated carbocycles. The number of aryl methyl sites for hydroxylation is 2. The third-order valence-corrected chi connectivity index (χ3v) is 3.04. The number of aliphatic carboxylic acids is 1. The molecule has 0 aromatic heterocycles. The molecule has 1 unspecified atom stereocenters. The number of benzene rings is 1. The van der Waals surface area contributed by atoms with Crippen LogP contribution in [0.2, 0.25) is 0 Å². The van der Waals surface area contributed by atoms with Gasteiger partial charge in [0.1, 0.15) is 5.75 Å². The number of ether oxygens (including phenoxy) is 1. The highest BCUT2D eigenvalue weighted by atomic mass is 16.5. The van der Waals surface area contributed by atoms with E-state index in [1.54, 1.807) is 26.2 Å². The van der Waals surface area contributed by atoms with E-state index in [0.29, 0.717) is 5.56 Å². The van der Waals surface area contributed by atoms with E-state index in [4.69, 9.17) is 9.84 Å². The zero-order valence-electron chi connectivity index (χ0n) is 11.8. The summed E-state index contributed by atoms with van der Waals surface area (Å²) in [4.78, 5) is 22.7. The molecule has 0 fully saturated rings. The van der Waals surface area contributed by atoms with Crippen molar-refractivity contribution in [2.24, 2.45) is 5.92 Å². The summed E-state index contributed by atoms with van der Waals surface area (Å²) in [6.07, 6.45) is 0.261. The van der Waals surface area contributed by atoms with E-state index < -0.39 is 5.97 Å². The van der Waals surface area contributed by atoms with Gasteiger partial charge in [0.05, 0.1) is 7.11 Å². The first-order valence-electron chi connectivity index (χ1n) is 6.25. The monoisotopic (exact) mass is 264 g/mol. The normalized spacial score (nSPS) is 12.0. The number of carbonyl (C=O) groups is 2. The van der Waals surface area contributed by atoms with Crippen LogP contribution in [0.5, 0.6) is 5.75 Å². The molecule has 104 valence electrons. The van der Waals surface area contributed by atoms with Gasteiger partial charge in [-0.1, -0.05) is 6.92 Å². The molecule has 1 aromatic carbocycles. The Morgan fingerprint density at radius 2 is 1.74 bits per heavy atom. The average Bonchev–Trinajstić information content (AvgIpc) is 2.26. The van der Waals surface area contributed by atoms with Crippen molar-refractivity contribution in [3.8, 4) is 5.75 Å². The lowest BCUT2D eigenvalue weighted by Gasteiger charge is -2.12. The van der Waals surface area contributed by atoms with Gasteiger partial charge in [-0.05, 0) is 43.0 Å². The van der Waals surface area contributed by atoms with Crippen LogP contribution in [0.3, 0.4) is 0 Å². The molecular formula is C15H20O4. The molecule has 4 heteroatoms. The van der Waals surface area contributed by atoms with Crippen LogP contribution in [0.15, 0.2) is 12.1 Å². The van der Waals surface area contributed by atoms with Crippen molar-refractivity contribution >= 4 is 11.8 Å². The second-order valence-corrected chi connectivity index (χ2v) is 4.97. The van der Waals surface area contributed by atoms with Gasteiger partial charge in [0, 0.05) is 18.4 Å². The number of rotatable bonds is 6. The lowest BCUT2D eigenvalue weighted by atomic mass is 9.95. The minimum atomic E-state index is -0.873. The number of carbonyl (C=O) groups excluding carboxylic acids is 1. The first-order valence-corrected chi connectivity index (χ1v) is 6.25. The number of carboxylic acid groups (broad SMARTS) is 1. The van der Waals surface area contributed by atoms with Crippen LogP contribution < -0.4 is 4.74 Å². The smallest absolute Gasteiger partial charge is 0.303 e. The quantitative estimate of drug-likeness (QED) is 0.802. The van der Waals surface area contributed by atoms with Crippen LogP contribution in [-0.4, -0.2) is 24.0 Å². The van der Waals surface area contributed by atoms with Crippen LogP contribution in [0, 0.1) is 19.8 Å². The van der Waals surface area contributed by atoms with E-state index >= 15 is 0 Å². The van der Waals surface area contributed by atoms with Crippen molar-refractivity contribution < 1.29 is 19.4 Å². The number of hydrogen-bond acceptors (Lipinski definition) is 3. The maximum atomic E-state index is 12.1. The van der Waals surface area contributed by atoms with Crippen molar-refractivity contribution in [2.45, 2.75) is 33.6 Å². The summed E-state index contributed by atoms with van der Waals surface area (Å²) in [6.45, 7) is 5.56. The number of methoxy groups -OCH3 is 1. The molecule has 0 aliphatic carbocycles. The Morgan fingerprint density at radius 1 is 1.21 bits per heavy atom. The Balaban J connectivity index is 2.86. The molecule has 0 amide bonds. The Morgan fingerprint density at radius 3 is 2.16 bits per heavy atom. The molecule has 0 aliphatic heterocycles. The van der Waals surface area contributed by atoms with E-state index in [-0.39, 0.29) is 24.5 Å². The molecule has 4 nitrogen and oxygen atoms in total. The fourth-order valence-corrected chi connectivity index (χ4v) is 2.24. The molecule has 1 aromatic rings. The average molecular weight is 264 g/mol. The minimum Gasteiger partial charge on any atom is -0.496 e. The predicted molar refractivity (Wildman–Crippen MR) is 72.8 cm³/mol. The fraction of sp³-hybridized carbons (Fsp3) is 0.467. The molecule has 0 spiro atoms. The molecule has 0 radical (unpaired) electrons. The van der Waals surface area contributed by atoms with Gasteiger partial charge in [-0.15, -0.1) is 0 Å². The molecule has 0 saturated heterocycles. The Kier molecular flexibility index (Phi) is 5.10. The maximum absolute atomic E-state index is 12.1. The first-order chi connectivity index (χ1) is 8.85. The minimum absolute atomic E-state index is 0.0137. The summed E-state index contributed by atoms with van der Waals surface area (Å²) in [6, 6.07) is 3.59. The Hall–Kier alpha value is -1.84. The lowest BCUT2D eigenvalue weighted by molar-refractivity contribution is -0.137. The Labute approximate surface area is 113 Å². The van der Waals surface area contributed by atoms with E-state index in [9.17, 15) is 9.59 Å². The second kappa shape index (κ2) is 6.36. The van der Waals surface area contributed by atoms with E-state index in [0.717, 1.165) is 16.9 Å². The molecule has 1 atom stereocenters. The lowest BCUT2D eigenvalue weighted by Crippen LogP contribution is -2.11. The van der Waals surface area contributed by atoms with Gasteiger partial charge >= 0.3 is 5.97 Å². The first kappa shape index (κ1) is 15.2. The Bertz CT molecular complexity index is 468. The third kappa shape index (κ3) is 4.09. The van der Waals surface area contributed by atoms with Gasteiger partial charge in [-0.3, -0.25) is 9.59 Å². The molecular weight excluding hydrogens is 244 g/mol. The van der Waals surface area contributed by atoms with Gasteiger partial charge in [-0.2, -0.15) is 0 Å². The van der Waals surface area contributed by atoms with Crippen molar-refractivity contribution in [1.82, 2.24) is 0 Å². The molecule has 1 rings (SSSR count). The maximum Gasteiger partial charge on any atom is 0.303 e. The van der Waals surface area contributed by atoms with Crippen LogP contribution in [0.25, 0.3) is 0 Å². The van der Waals surface area contributed by atoms with Gasteiger partial charge in [0.15, 0.2) is 5.78 Å². The second-order valence-electron chi connectivity index (χ2n) is 4.97. The number of Topliss-reactive ketones (excluding diaryl/α,β-unsaturated/α-hetero) is 1. The fourth-order valence-electron chi connectivity index (χ4n) is 2.24. The van der Waals surface area contributed by atoms with Crippen molar-refractivity contribution in [3.63, 3.8) is 0 Å². The van der Waals surface area contributed by atoms with E-state index in [2.05, 4.69) is 0 Å². The summed E-state index contributed by atoms with van der Waals surface area (Å²) in [7, 11) is 1.60. The van der Waals surface area contributed by atoms with E-state index in [1.165, 1.54) is 0 Å². The highest BCUT2D eigenvalue weighted by Crippen LogP contribution is 2.25. The zero-order valence-corrected chi connectivity index (χ0v) is 11.8. The number of hydrogen-bond donors (Lipinski definition) is 1. The molecule has 0 bridgehead atoms. The van der Waals surface area contributed by atoms with Crippen LogP contribution in [0.4, 0.5) is 0 Å². The summed E-state index contributed by atoms with van der Waals surface area (Å²) in [5.74, 6) is -0.271.